The Morgan fingerprint density at radius 3 is 2.85 bits per heavy atom. The van der Waals surface area contributed by atoms with Gasteiger partial charge in [-0.1, -0.05) is 6.92 Å². The molecule has 0 saturated carbocycles. The van der Waals surface area contributed by atoms with Gasteiger partial charge in [-0.3, -0.25) is 4.79 Å². The molecule has 1 heterocycles. The van der Waals surface area contributed by atoms with Crippen molar-refractivity contribution in [3.8, 4) is 0 Å². The highest BCUT2D eigenvalue weighted by molar-refractivity contribution is 5.66. The fourth-order valence-corrected chi connectivity index (χ4v) is 2.12. The molecule has 3 heteroatoms. The second kappa shape index (κ2) is 4.61. The van der Waals surface area contributed by atoms with Gasteiger partial charge >= 0.3 is 5.97 Å². The summed E-state index contributed by atoms with van der Waals surface area (Å²) in [6, 6.07) is 0.620. The molecule has 0 radical (unpaired) electrons. The van der Waals surface area contributed by atoms with Gasteiger partial charge in [0, 0.05) is 12.5 Å². The van der Waals surface area contributed by atoms with Gasteiger partial charge in [-0.2, -0.15) is 0 Å². The van der Waals surface area contributed by atoms with E-state index < -0.39 is 5.97 Å². The van der Waals surface area contributed by atoms with Crippen molar-refractivity contribution in [2.45, 2.75) is 38.6 Å². The fourth-order valence-electron chi connectivity index (χ4n) is 2.12. The van der Waals surface area contributed by atoms with Crippen LogP contribution in [0.1, 0.15) is 32.6 Å². The van der Waals surface area contributed by atoms with E-state index in [0.717, 1.165) is 6.42 Å². The number of rotatable bonds is 4. The van der Waals surface area contributed by atoms with Crippen LogP contribution in [0.3, 0.4) is 0 Å². The zero-order chi connectivity index (χ0) is 9.84. The SMILES string of the molecule is CC(CC(=O)O)CC1CCCN1C. The lowest BCUT2D eigenvalue weighted by atomic mass is 9.97. The van der Waals surface area contributed by atoms with Crippen molar-refractivity contribution in [3.63, 3.8) is 0 Å². The molecule has 0 bridgehead atoms. The third-order valence-electron chi connectivity index (χ3n) is 2.87. The summed E-state index contributed by atoms with van der Waals surface area (Å²) in [6.45, 7) is 3.20. The predicted octanol–water partition coefficient (Wildman–Crippen LogP) is 1.58. The molecule has 1 saturated heterocycles. The minimum atomic E-state index is -0.673. The van der Waals surface area contributed by atoms with Crippen molar-refractivity contribution < 1.29 is 9.90 Å². The fraction of sp³-hybridized carbons (Fsp3) is 0.900. The maximum atomic E-state index is 10.5. The molecule has 1 rings (SSSR count). The summed E-state index contributed by atoms with van der Waals surface area (Å²) in [4.78, 5) is 12.8. The Balaban J connectivity index is 2.26. The average Bonchev–Trinajstić information content (AvgIpc) is 2.34. The molecule has 76 valence electrons. The topological polar surface area (TPSA) is 40.5 Å². The van der Waals surface area contributed by atoms with E-state index in [4.69, 9.17) is 5.11 Å². The number of hydrogen-bond acceptors (Lipinski definition) is 2. The average molecular weight is 185 g/mol. The van der Waals surface area contributed by atoms with Crippen molar-refractivity contribution >= 4 is 5.97 Å². The number of nitrogens with zero attached hydrogens (tertiary/aromatic N) is 1. The van der Waals surface area contributed by atoms with Crippen LogP contribution in [0.25, 0.3) is 0 Å². The van der Waals surface area contributed by atoms with E-state index >= 15 is 0 Å². The zero-order valence-electron chi connectivity index (χ0n) is 8.49. The van der Waals surface area contributed by atoms with Crippen LogP contribution in [0.4, 0.5) is 0 Å². The molecule has 1 N–H and O–H groups in total. The Labute approximate surface area is 79.7 Å². The minimum Gasteiger partial charge on any atom is -0.481 e. The summed E-state index contributed by atoms with van der Waals surface area (Å²) >= 11 is 0. The summed E-state index contributed by atoms with van der Waals surface area (Å²) in [5, 5.41) is 8.61. The van der Waals surface area contributed by atoms with E-state index in [1.54, 1.807) is 0 Å². The van der Waals surface area contributed by atoms with E-state index in [-0.39, 0.29) is 0 Å². The Kier molecular flexibility index (Phi) is 3.72. The molecule has 3 nitrogen and oxygen atoms in total. The molecule has 2 atom stereocenters. The largest absolute Gasteiger partial charge is 0.481 e. The van der Waals surface area contributed by atoms with Crippen molar-refractivity contribution in [1.82, 2.24) is 4.90 Å². The van der Waals surface area contributed by atoms with Crippen LogP contribution in [0.15, 0.2) is 0 Å². The highest BCUT2D eigenvalue weighted by atomic mass is 16.4. The van der Waals surface area contributed by atoms with Crippen molar-refractivity contribution in [2.75, 3.05) is 13.6 Å². The van der Waals surface area contributed by atoms with Crippen LogP contribution in [0.2, 0.25) is 0 Å². The zero-order valence-corrected chi connectivity index (χ0v) is 8.49. The van der Waals surface area contributed by atoms with Crippen LogP contribution in [-0.2, 0) is 4.79 Å². The summed E-state index contributed by atoms with van der Waals surface area (Å²) < 4.78 is 0. The van der Waals surface area contributed by atoms with Gasteiger partial charge in [-0.15, -0.1) is 0 Å². The Morgan fingerprint density at radius 1 is 1.69 bits per heavy atom. The lowest BCUT2D eigenvalue weighted by Crippen LogP contribution is -2.27. The second-order valence-corrected chi connectivity index (χ2v) is 4.22. The summed E-state index contributed by atoms with van der Waals surface area (Å²) in [6.07, 6.45) is 3.84. The second-order valence-electron chi connectivity index (χ2n) is 4.22. The van der Waals surface area contributed by atoms with Gasteiger partial charge in [0.1, 0.15) is 0 Å². The lowest BCUT2D eigenvalue weighted by Gasteiger charge is -2.22. The first-order chi connectivity index (χ1) is 6.09. The quantitative estimate of drug-likeness (QED) is 0.723. The number of carboxylic acid groups (broad SMARTS) is 1. The third kappa shape index (κ3) is 3.35. The molecule has 1 fully saturated rings. The van der Waals surface area contributed by atoms with Gasteiger partial charge in [0.15, 0.2) is 0 Å². The minimum absolute atomic E-state index is 0.308. The Morgan fingerprint density at radius 2 is 2.38 bits per heavy atom. The van der Waals surface area contributed by atoms with E-state index in [1.807, 2.05) is 6.92 Å². The highest BCUT2D eigenvalue weighted by Gasteiger charge is 2.23. The van der Waals surface area contributed by atoms with Gasteiger partial charge in [-0.05, 0) is 38.8 Å². The molecular weight excluding hydrogens is 166 g/mol. The van der Waals surface area contributed by atoms with E-state index in [2.05, 4.69) is 11.9 Å². The standard InChI is InChI=1S/C10H19NO2/c1-8(7-10(12)13)6-9-4-3-5-11(9)2/h8-9H,3-7H2,1-2H3,(H,12,13). The number of carbonyl (C=O) groups is 1. The monoisotopic (exact) mass is 185 g/mol. The van der Waals surface area contributed by atoms with Crippen molar-refractivity contribution in [2.24, 2.45) is 5.92 Å². The number of aliphatic carboxylic acids is 1. The summed E-state index contributed by atoms with van der Waals surface area (Å²) in [5.74, 6) is -0.365. The van der Waals surface area contributed by atoms with Crippen LogP contribution in [0, 0.1) is 5.92 Å². The van der Waals surface area contributed by atoms with Crippen LogP contribution < -0.4 is 0 Å². The smallest absolute Gasteiger partial charge is 0.303 e. The van der Waals surface area contributed by atoms with Gasteiger partial charge < -0.3 is 10.0 Å². The number of hydrogen-bond donors (Lipinski definition) is 1. The van der Waals surface area contributed by atoms with E-state index in [1.165, 1.54) is 19.4 Å². The lowest BCUT2D eigenvalue weighted by molar-refractivity contribution is -0.138. The van der Waals surface area contributed by atoms with Crippen LogP contribution in [0.5, 0.6) is 0 Å². The Hall–Kier alpha value is -0.570. The van der Waals surface area contributed by atoms with Gasteiger partial charge in [0.2, 0.25) is 0 Å². The maximum Gasteiger partial charge on any atom is 0.303 e. The van der Waals surface area contributed by atoms with Crippen molar-refractivity contribution in [1.29, 1.82) is 0 Å². The van der Waals surface area contributed by atoms with E-state index in [9.17, 15) is 4.79 Å². The number of carboxylic acids is 1. The van der Waals surface area contributed by atoms with Crippen molar-refractivity contribution in [3.05, 3.63) is 0 Å². The highest BCUT2D eigenvalue weighted by Crippen LogP contribution is 2.22. The first kappa shape index (κ1) is 10.5. The molecule has 1 aliphatic rings. The molecule has 0 spiro atoms. The van der Waals surface area contributed by atoms with Crippen LogP contribution >= 0.6 is 0 Å². The predicted molar refractivity (Wildman–Crippen MR) is 51.7 cm³/mol. The first-order valence-electron chi connectivity index (χ1n) is 5.01. The Bertz CT molecular complexity index is 182. The first-order valence-corrected chi connectivity index (χ1v) is 5.01. The molecule has 13 heavy (non-hydrogen) atoms. The summed E-state index contributed by atoms with van der Waals surface area (Å²) in [7, 11) is 2.13. The molecule has 2 unspecified atom stereocenters. The summed E-state index contributed by atoms with van der Waals surface area (Å²) in [5.41, 5.74) is 0. The van der Waals surface area contributed by atoms with Crippen LogP contribution in [-0.4, -0.2) is 35.6 Å². The third-order valence-corrected chi connectivity index (χ3v) is 2.87. The molecule has 0 aliphatic carbocycles. The van der Waals surface area contributed by atoms with Gasteiger partial charge in [0.05, 0.1) is 0 Å². The molecule has 0 aromatic rings. The molecule has 1 aliphatic heterocycles. The van der Waals surface area contributed by atoms with Gasteiger partial charge in [-0.25, -0.2) is 0 Å². The van der Waals surface area contributed by atoms with Gasteiger partial charge in [0.25, 0.3) is 0 Å². The van der Waals surface area contributed by atoms with E-state index in [0.29, 0.717) is 18.4 Å². The maximum absolute atomic E-state index is 10.5. The molecular formula is C10H19NO2. The number of likely N-dealkylation sites (tertiary alicyclic amines) is 1. The normalized spacial score (nSPS) is 26.2. The molecule has 0 aromatic heterocycles. The molecule has 0 amide bonds. The molecule has 0 aromatic carbocycles.